The number of rotatable bonds is 4. The summed E-state index contributed by atoms with van der Waals surface area (Å²) in [5.74, 6) is 3.05. The summed E-state index contributed by atoms with van der Waals surface area (Å²) < 4.78 is 1.92. The third kappa shape index (κ3) is 3.51. The van der Waals surface area contributed by atoms with Crippen LogP contribution >= 0.6 is 0 Å². The van der Waals surface area contributed by atoms with Gasteiger partial charge in [-0.1, -0.05) is 19.3 Å². The fraction of sp³-hybridized carbons (Fsp3) is 0.700. The van der Waals surface area contributed by atoms with Crippen LogP contribution in [0.1, 0.15) is 69.5 Å². The Balaban J connectivity index is 1.21. The summed E-state index contributed by atoms with van der Waals surface area (Å²) >= 11 is 0. The van der Waals surface area contributed by atoms with Crippen molar-refractivity contribution >= 4 is 17.4 Å². The predicted molar refractivity (Wildman–Crippen MR) is 103 cm³/mol. The Hall–Kier alpha value is -2.18. The van der Waals surface area contributed by atoms with E-state index in [0.29, 0.717) is 12.0 Å². The van der Waals surface area contributed by atoms with Gasteiger partial charge in [0.15, 0.2) is 11.5 Å². The van der Waals surface area contributed by atoms with Crippen LogP contribution in [0, 0.1) is 5.92 Å². The van der Waals surface area contributed by atoms with Crippen molar-refractivity contribution in [3.63, 3.8) is 0 Å². The molecule has 3 fully saturated rings. The standard InChI is InChI=1S/C20H28N6O/c27-20(15-4-2-1-3-5-15)21-16-10-12-25(13-11-16)18-9-8-17-22-23-19(14-6-7-14)26(17)24-18/h8-9,14-16H,1-7,10-13H2,(H,21,27). The SMILES string of the molecule is O=C(NC1CCN(c2ccc3nnc(C4CC4)n3n2)CC1)C1CCCCC1. The van der Waals surface area contributed by atoms with Gasteiger partial charge in [0.2, 0.25) is 5.91 Å². The van der Waals surface area contributed by atoms with Crippen molar-refractivity contribution in [1.82, 2.24) is 25.1 Å². The topological polar surface area (TPSA) is 75.4 Å². The monoisotopic (exact) mass is 368 g/mol. The number of hydrogen-bond donors (Lipinski definition) is 1. The molecule has 144 valence electrons. The highest BCUT2D eigenvalue weighted by Gasteiger charge is 2.30. The number of carbonyl (C=O) groups excluding carboxylic acids is 1. The maximum atomic E-state index is 12.5. The molecule has 7 heteroatoms. The second-order valence-corrected chi connectivity index (χ2v) is 8.40. The van der Waals surface area contributed by atoms with E-state index in [2.05, 4.69) is 20.4 Å². The molecule has 2 aromatic rings. The zero-order valence-corrected chi connectivity index (χ0v) is 15.8. The van der Waals surface area contributed by atoms with Crippen LogP contribution in [0.3, 0.4) is 0 Å². The molecule has 3 heterocycles. The average molecular weight is 368 g/mol. The minimum Gasteiger partial charge on any atom is -0.355 e. The summed E-state index contributed by atoms with van der Waals surface area (Å²) in [5.41, 5.74) is 0.829. The van der Waals surface area contributed by atoms with Gasteiger partial charge in [0.25, 0.3) is 0 Å². The molecular formula is C20H28N6O. The Bertz CT molecular complexity index is 815. The molecule has 0 spiro atoms. The molecule has 0 bridgehead atoms. The van der Waals surface area contributed by atoms with E-state index in [0.717, 1.165) is 56.1 Å². The maximum absolute atomic E-state index is 12.5. The quantitative estimate of drug-likeness (QED) is 0.898. The molecule has 1 amide bonds. The Kier molecular flexibility index (Phi) is 4.45. The number of piperidine rings is 1. The molecule has 0 radical (unpaired) electrons. The van der Waals surface area contributed by atoms with Gasteiger partial charge in [-0.2, -0.15) is 4.52 Å². The summed E-state index contributed by atoms with van der Waals surface area (Å²) in [6.45, 7) is 1.85. The van der Waals surface area contributed by atoms with Crippen LogP contribution in [0.15, 0.2) is 12.1 Å². The van der Waals surface area contributed by atoms with E-state index in [-0.39, 0.29) is 11.8 Å². The van der Waals surface area contributed by atoms with Crippen molar-refractivity contribution in [1.29, 1.82) is 0 Å². The number of nitrogens with zero attached hydrogens (tertiary/aromatic N) is 5. The van der Waals surface area contributed by atoms with Gasteiger partial charge in [0.1, 0.15) is 5.82 Å². The summed E-state index contributed by atoms with van der Waals surface area (Å²) in [5, 5.41) is 16.7. The average Bonchev–Trinajstić information content (AvgIpc) is 3.48. The smallest absolute Gasteiger partial charge is 0.223 e. The number of anilines is 1. The van der Waals surface area contributed by atoms with Crippen molar-refractivity contribution in [3.05, 3.63) is 18.0 Å². The molecule has 1 saturated heterocycles. The van der Waals surface area contributed by atoms with E-state index >= 15 is 0 Å². The van der Waals surface area contributed by atoms with E-state index in [4.69, 9.17) is 5.10 Å². The van der Waals surface area contributed by atoms with Gasteiger partial charge in [-0.25, -0.2) is 0 Å². The highest BCUT2D eigenvalue weighted by Crippen LogP contribution is 2.38. The molecular weight excluding hydrogens is 340 g/mol. The number of amides is 1. The molecule has 1 N–H and O–H groups in total. The molecule has 27 heavy (non-hydrogen) atoms. The van der Waals surface area contributed by atoms with Crippen LogP contribution in [0.2, 0.25) is 0 Å². The molecule has 0 atom stereocenters. The number of hydrogen-bond acceptors (Lipinski definition) is 5. The highest BCUT2D eigenvalue weighted by atomic mass is 16.1. The largest absolute Gasteiger partial charge is 0.355 e. The van der Waals surface area contributed by atoms with Crippen molar-refractivity contribution in [2.75, 3.05) is 18.0 Å². The molecule has 0 aromatic carbocycles. The molecule has 0 unspecified atom stereocenters. The minimum absolute atomic E-state index is 0.246. The van der Waals surface area contributed by atoms with Gasteiger partial charge in [-0.3, -0.25) is 4.79 Å². The fourth-order valence-electron chi connectivity index (χ4n) is 4.50. The second-order valence-electron chi connectivity index (χ2n) is 8.40. The Morgan fingerprint density at radius 1 is 0.963 bits per heavy atom. The Morgan fingerprint density at radius 2 is 1.74 bits per heavy atom. The summed E-state index contributed by atoms with van der Waals surface area (Å²) in [7, 11) is 0. The lowest BCUT2D eigenvalue weighted by Gasteiger charge is -2.34. The molecule has 2 saturated carbocycles. The Labute approximate surface area is 159 Å². The lowest BCUT2D eigenvalue weighted by atomic mass is 9.88. The normalized spacial score (nSPS) is 22.3. The van der Waals surface area contributed by atoms with Crippen LogP contribution in [-0.4, -0.2) is 44.8 Å². The van der Waals surface area contributed by atoms with Crippen LogP contribution in [0.5, 0.6) is 0 Å². The highest BCUT2D eigenvalue weighted by molar-refractivity contribution is 5.79. The first-order chi connectivity index (χ1) is 13.3. The van der Waals surface area contributed by atoms with Gasteiger partial charge < -0.3 is 10.2 Å². The second kappa shape index (κ2) is 7.09. The third-order valence-corrected chi connectivity index (χ3v) is 6.36. The minimum atomic E-state index is 0.246. The van der Waals surface area contributed by atoms with Gasteiger partial charge in [-0.15, -0.1) is 15.3 Å². The molecule has 2 aliphatic carbocycles. The zero-order valence-electron chi connectivity index (χ0n) is 15.8. The van der Waals surface area contributed by atoms with Gasteiger partial charge >= 0.3 is 0 Å². The summed E-state index contributed by atoms with van der Waals surface area (Å²) in [6, 6.07) is 4.36. The first-order valence-corrected chi connectivity index (χ1v) is 10.6. The lowest BCUT2D eigenvalue weighted by molar-refractivity contribution is -0.126. The van der Waals surface area contributed by atoms with Crippen LogP contribution in [0.4, 0.5) is 5.82 Å². The van der Waals surface area contributed by atoms with Crippen LogP contribution in [0.25, 0.3) is 5.65 Å². The van der Waals surface area contributed by atoms with E-state index < -0.39 is 0 Å². The molecule has 3 aliphatic rings. The maximum Gasteiger partial charge on any atom is 0.223 e. The number of aromatic nitrogens is 4. The first kappa shape index (κ1) is 17.0. The van der Waals surface area contributed by atoms with Gasteiger partial charge in [0, 0.05) is 31.0 Å². The number of nitrogens with one attached hydrogen (secondary N) is 1. The fourth-order valence-corrected chi connectivity index (χ4v) is 4.50. The van der Waals surface area contributed by atoms with E-state index in [1.54, 1.807) is 0 Å². The third-order valence-electron chi connectivity index (χ3n) is 6.36. The summed E-state index contributed by atoms with van der Waals surface area (Å²) in [4.78, 5) is 14.8. The van der Waals surface area contributed by atoms with Gasteiger partial charge in [-0.05, 0) is 50.7 Å². The van der Waals surface area contributed by atoms with E-state index in [1.165, 1.54) is 32.1 Å². The molecule has 2 aromatic heterocycles. The van der Waals surface area contributed by atoms with Crippen molar-refractivity contribution < 1.29 is 4.79 Å². The van der Waals surface area contributed by atoms with Gasteiger partial charge in [0.05, 0.1) is 0 Å². The van der Waals surface area contributed by atoms with E-state index in [9.17, 15) is 4.79 Å². The van der Waals surface area contributed by atoms with Crippen molar-refractivity contribution in [3.8, 4) is 0 Å². The van der Waals surface area contributed by atoms with Crippen LogP contribution in [-0.2, 0) is 4.79 Å². The number of fused-ring (bicyclic) bond motifs is 1. The predicted octanol–water partition coefficient (Wildman–Crippen LogP) is 2.67. The van der Waals surface area contributed by atoms with Crippen molar-refractivity contribution in [2.45, 2.75) is 69.7 Å². The summed E-state index contributed by atoms with van der Waals surface area (Å²) in [6.07, 6.45) is 10.2. The zero-order chi connectivity index (χ0) is 18.2. The van der Waals surface area contributed by atoms with Crippen molar-refractivity contribution in [2.24, 2.45) is 5.92 Å². The van der Waals surface area contributed by atoms with E-state index in [1.807, 2.05) is 16.6 Å². The first-order valence-electron chi connectivity index (χ1n) is 10.6. The number of carbonyl (C=O) groups is 1. The molecule has 7 nitrogen and oxygen atoms in total. The molecule has 5 rings (SSSR count). The molecule has 1 aliphatic heterocycles. The van der Waals surface area contributed by atoms with Crippen LogP contribution < -0.4 is 10.2 Å². The lowest BCUT2D eigenvalue weighted by Crippen LogP contribution is -2.46. The Morgan fingerprint density at radius 3 is 2.48 bits per heavy atom.